The smallest absolute Gasteiger partial charge is 0.286 e. The Morgan fingerprint density at radius 1 is 0.386 bits per heavy atom. The van der Waals surface area contributed by atoms with E-state index in [1.807, 2.05) is 6.26 Å². The highest BCUT2D eigenvalue weighted by Crippen LogP contribution is 2.40. The van der Waals surface area contributed by atoms with Crippen LogP contribution in [0.1, 0.15) is 173 Å². The second kappa shape index (κ2) is 27.0. The molecular weight excluding hydrogens is 721 g/mol. The zero-order valence-electron chi connectivity index (χ0n) is 34.2. The normalized spacial score (nSPS) is 34.9. The molecule has 0 aliphatic heterocycles. The zero-order valence-corrected chi connectivity index (χ0v) is 34.2. The SMILES string of the molecule is N#COC1CCC(CC2CCC(N=C=O)CC2)CC1.O=C=NC1CCC(CC2CCCCC2N=C=O)CC1.O=C=NC1CCCCC1CC1CCCCC1N=C=O. The van der Waals surface area contributed by atoms with Crippen LogP contribution < -0.4 is 0 Å². The fraction of sp³-hybridized carbons (Fsp3) is 0.867. The van der Waals surface area contributed by atoms with Crippen molar-refractivity contribution >= 4 is 30.4 Å². The largest absolute Gasteiger partial charge is 0.424 e. The lowest BCUT2D eigenvalue weighted by Crippen LogP contribution is -2.31. The van der Waals surface area contributed by atoms with E-state index in [4.69, 9.17) is 10.00 Å². The minimum absolute atomic E-state index is 0.147. The van der Waals surface area contributed by atoms with Crippen molar-refractivity contribution in [2.75, 3.05) is 0 Å². The van der Waals surface area contributed by atoms with Crippen LogP contribution in [0, 0.1) is 47.0 Å². The van der Waals surface area contributed by atoms with Crippen molar-refractivity contribution in [3.63, 3.8) is 0 Å². The first-order valence-electron chi connectivity index (χ1n) is 22.4. The molecule has 0 bridgehead atoms. The Labute approximate surface area is 340 Å². The van der Waals surface area contributed by atoms with Gasteiger partial charge in [-0.25, -0.2) is 48.9 Å². The molecule has 0 amide bonds. The van der Waals surface area contributed by atoms with Crippen LogP contribution in [0.3, 0.4) is 0 Å². The molecule has 0 heterocycles. The third-order valence-corrected chi connectivity index (χ3v) is 14.3. The number of carbonyl (C=O) groups excluding carboxylic acids is 5. The van der Waals surface area contributed by atoms with E-state index in [0.717, 1.165) is 115 Å². The van der Waals surface area contributed by atoms with E-state index >= 15 is 0 Å². The molecule has 6 aliphatic rings. The number of isocyanates is 5. The van der Waals surface area contributed by atoms with E-state index in [9.17, 15) is 24.0 Å². The molecule has 12 nitrogen and oxygen atoms in total. The summed E-state index contributed by atoms with van der Waals surface area (Å²) in [6.07, 6.45) is 41.1. The van der Waals surface area contributed by atoms with Crippen LogP contribution >= 0.6 is 0 Å². The van der Waals surface area contributed by atoms with Gasteiger partial charge < -0.3 is 4.74 Å². The minimum atomic E-state index is 0.147. The Balaban J connectivity index is 0.000000189. The van der Waals surface area contributed by atoms with Crippen LogP contribution in [0.5, 0.6) is 0 Å². The van der Waals surface area contributed by atoms with Crippen molar-refractivity contribution in [1.29, 1.82) is 5.26 Å². The number of aliphatic imine (C=N–C) groups is 5. The van der Waals surface area contributed by atoms with Crippen LogP contribution in [0.4, 0.5) is 0 Å². The number of ether oxygens (including phenoxy) is 1. The van der Waals surface area contributed by atoms with Gasteiger partial charge in [-0.3, -0.25) is 0 Å². The Morgan fingerprint density at radius 3 is 1.09 bits per heavy atom. The fourth-order valence-corrected chi connectivity index (χ4v) is 11.1. The third-order valence-electron chi connectivity index (χ3n) is 14.3. The Bertz CT molecular complexity index is 1430. The van der Waals surface area contributed by atoms with E-state index < -0.39 is 0 Å². The highest BCUT2D eigenvalue weighted by Gasteiger charge is 2.33. The first kappa shape index (κ1) is 45.9. The van der Waals surface area contributed by atoms with Gasteiger partial charge in [0.15, 0.2) is 0 Å². The lowest BCUT2D eigenvalue weighted by Gasteiger charge is -2.34. The quantitative estimate of drug-likeness (QED) is 0.107. The molecule has 57 heavy (non-hydrogen) atoms. The third kappa shape index (κ3) is 16.5. The Hall–Kier alpha value is -3.81. The summed E-state index contributed by atoms with van der Waals surface area (Å²) >= 11 is 0. The van der Waals surface area contributed by atoms with Crippen molar-refractivity contribution in [2.24, 2.45) is 60.5 Å². The summed E-state index contributed by atoms with van der Waals surface area (Å²) in [5.74, 6) is 3.83. The van der Waals surface area contributed by atoms with Gasteiger partial charge in [0.25, 0.3) is 6.26 Å². The van der Waals surface area contributed by atoms with Gasteiger partial charge in [0.2, 0.25) is 30.4 Å². The summed E-state index contributed by atoms with van der Waals surface area (Å²) in [5.41, 5.74) is 0. The van der Waals surface area contributed by atoms with Gasteiger partial charge in [-0.15, -0.1) is 0 Å². The molecular formula is C45H66N6O6. The van der Waals surface area contributed by atoms with Crippen molar-refractivity contribution in [2.45, 2.75) is 210 Å². The summed E-state index contributed by atoms with van der Waals surface area (Å²) in [4.78, 5) is 71.6. The molecule has 6 unspecified atom stereocenters. The fourth-order valence-electron chi connectivity index (χ4n) is 11.1. The average molecular weight is 787 g/mol. The predicted octanol–water partition coefficient (Wildman–Crippen LogP) is 9.66. The second-order valence-corrected chi connectivity index (χ2v) is 17.8. The molecule has 0 spiro atoms. The first-order chi connectivity index (χ1) is 28.0. The molecule has 0 aromatic heterocycles. The molecule has 6 fully saturated rings. The summed E-state index contributed by atoms with van der Waals surface area (Å²) in [7, 11) is 0. The maximum atomic E-state index is 10.5. The zero-order chi connectivity index (χ0) is 40.5. The number of nitrogens with zero attached hydrogens (tertiary/aromatic N) is 6. The summed E-state index contributed by atoms with van der Waals surface area (Å²) in [6.45, 7) is 0. The summed E-state index contributed by atoms with van der Waals surface area (Å²) in [5, 5.41) is 8.51. The standard InChI is InChI=1S/3C15H22N2O2/c16-10-19-15-7-3-13(4-8-15)9-12-1-5-14(6-2-12)17-11-18;18-10-16-14-7-3-1-5-12(14)9-13-6-2-4-8-15(13)17-11-19;18-10-16-14-7-5-12(6-8-14)9-13-3-1-2-4-15(13)17-11-19/h3*12-15H,1-9H2. The molecule has 0 aromatic rings. The summed E-state index contributed by atoms with van der Waals surface area (Å²) < 4.78 is 5.02. The van der Waals surface area contributed by atoms with E-state index in [1.54, 1.807) is 30.4 Å². The highest BCUT2D eigenvalue weighted by atomic mass is 16.5. The van der Waals surface area contributed by atoms with E-state index in [2.05, 4.69) is 25.0 Å². The molecule has 0 N–H and O–H groups in total. The van der Waals surface area contributed by atoms with E-state index in [0.29, 0.717) is 23.7 Å². The monoisotopic (exact) mass is 787 g/mol. The van der Waals surface area contributed by atoms with Crippen LogP contribution in [0.2, 0.25) is 0 Å². The minimum Gasteiger partial charge on any atom is -0.424 e. The molecule has 0 radical (unpaired) electrons. The van der Waals surface area contributed by atoms with E-state index in [1.165, 1.54) is 70.6 Å². The van der Waals surface area contributed by atoms with Gasteiger partial charge in [-0.1, -0.05) is 38.5 Å². The Morgan fingerprint density at radius 2 is 0.719 bits per heavy atom. The molecule has 6 rings (SSSR count). The molecule has 6 saturated carbocycles. The van der Waals surface area contributed by atoms with Crippen molar-refractivity contribution in [1.82, 2.24) is 0 Å². The molecule has 0 saturated heterocycles. The molecule has 12 heteroatoms. The first-order valence-corrected chi connectivity index (χ1v) is 22.4. The number of hydrogen-bond donors (Lipinski definition) is 0. The summed E-state index contributed by atoms with van der Waals surface area (Å²) in [6, 6.07) is 0.928. The van der Waals surface area contributed by atoms with Gasteiger partial charge in [0.1, 0.15) is 6.10 Å². The topological polar surface area (TPSA) is 180 Å². The van der Waals surface area contributed by atoms with Crippen LogP contribution in [-0.2, 0) is 28.7 Å². The highest BCUT2D eigenvalue weighted by molar-refractivity contribution is 5.35. The van der Waals surface area contributed by atoms with Gasteiger partial charge >= 0.3 is 0 Å². The molecule has 6 atom stereocenters. The van der Waals surface area contributed by atoms with Crippen molar-refractivity contribution in [3.8, 4) is 6.26 Å². The van der Waals surface area contributed by atoms with Crippen LogP contribution in [0.15, 0.2) is 25.0 Å². The molecule has 0 aromatic carbocycles. The van der Waals surface area contributed by atoms with Crippen LogP contribution in [0.25, 0.3) is 0 Å². The van der Waals surface area contributed by atoms with Gasteiger partial charge in [0, 0.05) is 0 Å². The van der Waals surface area contributed by atoms with Gasteiger partial charge in [-0.05, 0) is 170 Å². The Kier molecular flexibility index (Phi) is 21.7. The van der Waals surface area contributed by atoms with Gasteiger partial charge in [-0.2, -0.15) is 5.26 Å². The van der Waals surface area contributed by atoms with Crippen molar-refractivity contribution < 1.29 is 28.7 Å². The maximum absolute atomic E-state index is 10.5. The molecule has 312 valence electrons. The second-order valence-electron chi connectivity index (χ2n) is 17.8. The predicted molar refractivity (Wildman–Crippen MR) is 216 cm³/mol. The maximum Gasteiger partial charge on any atom is 0.286 e. The number of rotatable bonds is 12. The van der Waals surface area contributed by atoms with Crippen molar-refractivity contribution in [3.05, 3.63) is 0 Å². The lowest BCUT2D eigenvalue weighted by atomic mass is 9.74. The van der Waals surface area contributed by atoms with E-state index in [-0.39, 0.29) is 36.3 Å². The molecule has 6 aliphatic carbocycles. The van der Waals surface area contributed by atoms with Crippen LogP contribution in [-0.4, -0.2) is 66.7 Å². The lowest BCUT2D eigenvalue weighted by molar-refractivity contribution is 0.0915. The number of nitriles is 1. The van der Waals surface area contributed by atoms with Gasteiger partial charge in [0.05, 0.1) is 30.2 Å². The average Bonchev–Trinajstić information content (AvgIpc) is 3.23. The number of hydrogen-bond acceptors (Lipinski definition) is 12.